The van der Waals surface area contributed by atoms with Crippen LogP contribution in [0.2, 0.25) is 5.02 Å². The van der Waals surface area contributed by atoms with Crippen molar-refractivity contribution < 1.29 is 8.42 Å². The van der Waals surface area contributed by atoms with E-state index in [1.165, 1.54) is 16.4 Å². The fourth-order valence-electron chi connectivity index (χ4n) is 1.83. The lowest BCUT2D eigenvalue weighted by molar-refractivity contribution is 0.465. The molecule has 0 saturated heterocycles. The minimum absolute atomic E-state index is 0.189. The molecule has 0 aliphatic carbocycles. The van der Waals surface area contributed by atoms with Crippen LogP contribution < -0.4 is 0 Å². The van der Waals surface area contributed by atoms with E-state index in [4.69, 9.17) is 11.6 Å². The van der Waals surface area contributed by atoms with E-state index in [2.05, 4.69) is 5.10 Å². The highest BCUT2D eigenvalue weighted by atomic mass is 35.5. The normalized spacial score (nSPS) is 12.1. The van der Waals surface area contributed by atoms with Crippen molar-refractivity contribution in [3.05, 3.63) is 46.7 Å². The van der Waals surface area contributed by atoms with Gasteiger partial charge in [0.1, 0.15) is 0 Å². The summed E-state index contributed by atoms with van der Waals surface area (Å²) in [6.07, 6.45) is 1.68. The molecule has 0 unspecified atom stereocenters. The van der Waals surface area contributed by atoms with Gasteiger partial charge in [0.15, 0.2) is 0 Å². The van der Waals surface area contributed by atoms with Crippen molar-refractivity contribution in [2.75, 3.05) is 7.05 Å². The molecule has 0 fully saturated rings. The zero-order valence-corrected chi connectivity index (χ0v) is 13.1. The van der Waals surface area contributed by atoms with E-state index in [0.29, 0.717) is 5.02 Å². The zero-order chi connectivity index (χ0) is 14.9. The summed E-state index contributed by atoms with van der Waals surface area (Å²) < 4.78 is 27.9. The quantitative estimate of drug-likeness (QED) is 0.869. The molecule has 0 aliphatic heterocycles. The Hall–Kier alpha value is -1.37. The first kappa shape index (κ1) is 15.0. The number of nitrogens with zero attached hydrogens (tertiary/aromatic N) is 3. The van der Waals surface area contributed by atoms with Crippen molar-refractivity contribution >= 4 is 21.6 Å². The van der Waals surface area contributed by atoms with Gasteiger partial charge in [0.2, 0.25) is 10.0 Å². The lowest BCUT2D eigenvalue weighted by atomic mass is 10.3. The Morgan fingerprint density at radius 1 is 1.40 bits per heavy atom. The molecule has 20 heavy (non-hydrogen) atoms. The van der Waals surface area contributed by atoms with E-state index < -0.39 is 10.0 Å². The highest BCUT2D eigenvalue weighted by Gasteiger charge is 2.22. The Morgan fingerprint density at radius 2 is 2.10 bits per heavy atom. The molecular formula is C13H16ClN3O2S. The van der Waals surface area contributed by atoms with Crippen molar-refractivity contribution in [2.24, 2.45) is 7.05 Å². The number of hydrogen-bond acceptors (Lipinski definition) is 3. The third-order valence-corrected chi connectivity index (χ3v) is 5.27. The minimum atomic E-state index is -3.56. The lowest BCUT2D eigenvalue weighted by Gasteiger charge is -2.17. The second-order valence-electron chi connectivity index (χ2n) is 4.60. The van der Waals surface area contributed by atoms with Gasteiger partial charge in [-0.1, -0.05) is 17.7 Å². The van der Waals surface area contributed by atoms with Crippen molar-refractivity contribution in [3.63, 3.8) is 0 Å². The molecule has 1 aromatic heterocycles. The van der Waals surface area contributed by atoms with E-state index in [-0.39, 0.29) is 11.4 Å². The first-order valence-electron chi connectivity index (χ1n) is 6.02. The first-order chi connectivity index (χ1) is 9.32. The Morgan fingerprint density at radius 3 is 2.65 bits per heavy atom. The number of rotatable bonds is 4. The summed E-state index contributed by atoms with van der Waals surface area (Å²) in [5.74, 6) is 0. The predicted molar refractivity (Wildman–Crippen MR) is 78.0 cm³/mol. The molecule has 0 atom stereocenters. The fraction of sp³-hybridized carbons (Fsp3) is 0.308. The summed E-state index contributed by atoms with van der Waals surface area (Å²) in [5.41, 5.74) is 1.82. The van der Waals surface area contributed by atoms with Gasteiger partial charge in [-0.3, -0.25) is 4.68 Å². The van der Waals surface area contributed by atoms with Crippen molar-refractivity contribution in [2.45, 2.75) is 18.4 Å². The van der Waals surface area contributed by atoms with Crippen LogP contribution in [0.1, 0.15) is 11.3 Å². The third kappa shape index (κ3) is 2.87. The smallest absolute Gasteiger partial charge is 0.243 e. The van der Waals surface area contributed by atoms with Crippen LogP contribution in [0.15, 0.2) is 35.4 Å². The molecule has 2 aromatic rings. The average molecular weight is 314 g/mol. The van der Waals surface area contributed by atoms with Gasteiger partial charge in [-0.25, -0.2) is 8.42 Å². The fourth-order valence-corrected chi connectivity index (χ4v) is 3.28. The number of aromatic nitrogens is 2. The molecule has 0 amide bonds. The lowest BCUT2D eigenvalue weighted by Crippen LogP contribution is -2.26. The molecule has 0 radical (unpaired) electrons. The average Bonchev–Trinajstić information content (AvgIpc) is 2.70. The van der Waals surface area contributed by atoms with Gasteiger partial charge in [0, 0.05) is 36.9 Å². The molecule has 1 aromatic carbocycles. The number of hydrogen-bond donors (Lipinski definition) is 0. The Labute approximate surface area is 123 Å². The first-order valence-corrected chi connectivity index (χ1v) is 7.83. The largest absolute Gasteiger partial charge is 0.273 e. The van der Waals surface area contributed by atoms with Crippen LogP contribution in [0.4, 0.5) is 0 Å². The molecule has 1 heterocycles. The van der Waals surface area contributed by atoms with E-state index in [0.717, 1.165) is 11.3 Å². The SMILES string of the molecule is Cc1c(CN(C)S(=O)(=O)c2cccc(Cl)c2)cnn1C. The van der Waals surface area contributed by atoms with Gasteiger partial charge in [-0.15, -0.1) is 0 Å². The highest BCUT2D eigenvalue weighted by Crippen LogP contribution is 2.20. The van der Waals surface area contributed by atoms with Crippen LogP contribution in [0.25, 0.3) is 0 Å². The van der Waals surface area contributed by atoms with Crippen molar-refractivity contribution in [3.8, 4) is 0 Å². The monoisotopic (exact) mass is 313 g/mol. The van der Waals surface area contributed by atoms with Crippen LogP contribution in [-0.4, -0.2) is 29.6 Å². The number of sulfonamides is 1. The second-order valence-corrected chi connectivity index (χ2v) is 7.08. The molecule has 0 aliphatic rings. The van der Waals surface area contributed by atoms with Crippen LogP contribution in [0, 0.1) is 6.92 Å². The topological polar surface area (TPSA) is 55.2 Å². The van der Waals surface area contributed by atoms with Crippen LogP contribution in [0.3, 0.4) is 0 Å². The zero-order valence-electron chi connectivity index (χ0n) is 11.5. The summed E-state index contributed by atoms with van der Waals surface area (Å²) >= 11 is 5.85. The van der Waals surface area contributed by atoms with Crippen LogP contribution in [0.5, 0.6) is 0 Å². The highest BCUT2D eigenvalue weighted by molar-refractivity contribution is 7.89. The van der Waals surface area contributed by atoms with Crippen LogP contribution >= 0.6 is 11.6 Å². The number of benzene rings is 1. The van der Waals surface area contributed by atoms with E-state index in [9.17, 15) is 8.42 Å². The Kier molecular flexibility index (Phi) is 4.17. The number of aryl methyl sites for hydroxylation is 1. The summed E-state index contributed by atoms with van der Waals surface area (Å²) in [6.45, 7) is 2.18. The molecule has 108 valence electrons. The van der Waals surface area contributed by atoms with Gasteiger partial charge >= 0.3 is 0 Å². The molecule has 0 N–H and O–H groups in total. The summed E-state index contributed by atoms with van der Waals surface area (Å²) in [5, 5.41) is 4.51. The van der Waals surface area contributed by atoms with E-state index in [1.54, 1.807) is 30.1 Å². The Balaban J connectivity index is 2.28. The van der Waals surface area contributed by atoms with Gasteiger partial charge < -0.3 is 0 Å². The molecule has 0 spiro atoms. The summed E-state index contributed by atoms with van der Waals surface area (Å²) in [7, 11) is -0.187. The molecule has 7 heteroatoms. The van der Waals surface area contributed by atoms with Crippen molar-refractivity contribution in [1.29, 1.82) is 0 Å². The molecule has 2 rings (SSSR count). The minimum Gasteiger partial charge on any atom is -0.273 e. The van der Waals surface area contributed by atoms with Gasteiger partial charge in [-0.05, 0) is 25.1 Å². The molecule has 0 bridgehead atoms. The Bertz CT molecular complexity index is 725. The number of halogens is 1. The standard InChI is InChI=1S/C13H16ClN3O2S/c1-10-11(8-15-17(10)3)9-16(2)20(18,19)13-6-4-5-12(14)7-13/h4-8H,9H2,1-3H3. The van der Waals surface area contributed by atoms with Crippen LogP contribution in [-0.2, 0) is 23.6 Å². The predicted octanol–water partition coefficient (Wildman–Crippen LogP) is 2.20. The molecule has 0 saturated carbocycles. The summed E-state index contributed by atoms with van der Waals surface area (Å²) in [4.78, 5) is 0.189. The molecule has 5 nitrogen and oxygen atoms in total. The van der Waals surface area contributed by atoms with Gasteiger partial charge in [-0.2, -0.15) is 9.40 Å². The maximum atomic E-state index is 12.4. The summed E-state index contributed by atoms with van der Waals surface area (Å²) in [6, 6.07) is 6.25. The van der Waals surface area contributed by atoms with Gasteiger partial charge in [0.25, 0.3) is 0 Å². The van der Waals surface area contributed by atoms with E-state index in [1.807, 2.05) is 14.0 Å². The maximum Gasteiger partial charge on any atom is 0.243 e. The second kappa shape index (κ2) is 5.55. The third-order valence-electron chi connectivity index (χ3n) is 3.23. The van der Waals surface area contributed by atoms with E-state index >= 15 is 0 Å². The molecular weight excluding hydrogens is 298 g/mol. The maximum absolute atomic E-state index is 12.4. The van der Waals surface area contributed by atoms with Crippen molar-refractivity contribution in [1.82, 2.24) is 14.1 Å². The van der Waals surface area contributed by atoms with Gasteiger partial charge in [0.05, 0.1) is 11.1 Å².